The minimum atomic E-state index is -0.0308. The third-order valence-electron chi connectivity index (χ3n) is 2.54. The number of nitrogens with one attached hydrogen (secondary N) is 1. The normalized spacial score (nSPS) is 10.1. The van der Waals surface area contributed by atoms with Gasteiger partial charge in [-0.1, -0.05) is 13.8 Å². The monoisotopic (exact) mass is 234 g/mol. The zero-order valence-corrected chi connectivity index (χ0v) is 11.0. The summed E-state index contributed by atoms with van der Waals surface area (Å²) < 4.78 is 0. The Morgan fingerprint density at radius 2 is 1.65 bits per heavy atom. The first-order valence-corrected chi connectivity index (χ1v) is 6.30. The number of hydrogen-bond acceptors (Lipinski definition) is 2. The molecule has 0 saturated carbocycles. The van der Waals surface area contributed by atoms with E-state index in [1.165, 1.54) is 12.6 Å². The van der Waals surface area contributed by atoms with Crippen LogP contribution in [-0.4, -0.2) is 19.0 Å². The summed E-state index contributed by atoms with van der Waals surface area (Å²) in [5, 5.41) is 2.78. The quantitative estimate of drug-likeness (QED) is 0.819. The fraction of sp³-hybridized carbons (Fsp3) is 0.500. The molecule has 0 fully saturated rings. The molecule has 0 spiro atoms. The van der Waals surface area contributed by atoms with Gasteiger partial charge in [-0.15, -0.1) is 0 Å². The molecule has 0 aliphatic carbocycles. The molecule has 1 rings (SSSR count). The van der Waals surface area contributed by atoms with Crippen molar-refractivity contribution in [2.45, 2.75) is 33.6 Å². The predicted octanol–water partition coefficient (Wildman–Crippen LogP) is 3.27. The second-order valence-corrected chi connectivity index (χ2v) is 4.22. The minimum absolute atomic E-state index is 0.0308. The maximum absolute atomic E-state index is 10.9. The van der Waals surface area contributed by atoms with Gasteiger partial charge in [0.05, 0.1) is 0 Å². The molecule has 3 heteroatoms. The van der Waals surface area contributed by atoms with Gasteiger partial charge in [0.15, 0.2) is 0 Å². The number of benzene rings is 1. The highest BCUT2D eigenvalue weighted by Gasteiger charge is 2.04. The molecule has 0 aliphatic heterocycles. The molecule has 1 N–H and O–H groups in total. The van der Waals surface area contributed by atoms with Gasteiger partial charge in [-0.3, -0.25) is 4.79 Å². The zero-order valence-electron chi connectivity index (χ0n) is 11.0. The molecular weight excluding hydrogens is 212 g/mol. The average Bonchev–Trinajstić information content (AvgIpc) is 2.29. The SMILES string of the molecule is CCCN(CCC)c1ccc(NC(C)=O)cc1. The van der Waals surface area contributed by atoms with E-state index in [9.17, 15) is 4.79 Å². The van der Waals surface area contributed by atoms with Crippen LogP contribution in [0.4, 0.5) is 11.4 Å². The number of carbonyl (C=O) groups is 1. The lowest BCUT2D eigenvalue weighted by Gasteiger charge is -2.23. The lowest BCUT2D eigenvalue weighted by atomic mass is 10.2. The largest absolute Gasteiger partial charge is 0.372 e. The van der Waals surface area contributed by atoms with Crippen molar-refractivity contribution in [2.24, 2.45) is 0 Å². The number of hydrogen-bond donors (Lipinski definition) is 1. The number of nitrogens with zero attached hydrogens (tertiary/aromatic N) is 1. The second-order valence-electron chi connectivity index (χ2n) is 4.22. The number of rotatable bonds is 6. The summed E-state index contributed by atoms with van der Waals surface area (Å²) in [7, 11) is 0. The molecule has 0 unspecified atom stereocenters. The van der Waals surface area contributed by atoms with Crippen molar-refractivity contribution in [1.82, 2.24) is 0 Å². The highest BCUT2D eigenvalue weighted by Crippen LogP contribution is 2.18. The van der Waals surface area contributed by atoms with Crippen molar-refractivity contribution in [2.75, 3.05) is 23.3 Å². The van der Waals surface area contributed by atoms with Gasteiger partial charge in [0.2, 0.25) is 5.91 Å². The molecule has 0 bridgehead atoms. The van der Waals surface area contributed by atoms with Gasteiger partial charge < -0.3 is 10.2 Å². The summed E-state index contributed by atoms with van der Waals surface area (Å²) in [5.41, 5.74) is 2.08. The van der Waals surface area contributed by atoms with Gasteiger partial charge in [0.1, 0.15) is 0 Å². The molecule has 3 nitrogen and oxygen atoms in total. The van der Waals surface area contributed by atoms with Crippen LogP contribution in [0.25, 0.3) is 0 Å². The molecule has 0 heterocycles. The van der Waals surface area contributed by atoms with E-state index >= 15 is 0 Å². The predicted molar refractivity (Wildman–Crippen MR) is 73.5 cm³/mol. The van der Waals surface area contributed by atoms with E-state index in [1.54, 1.807) is 0 Å². The van der Waals surface area contributed by atoms with E-state index in [-0.39, 0.29) is 5.91 Å². The van der Waals surface area contributed by atoms with Crippen LogP contribution in [0.1, 0.15) is 33.6 Å². The smallest absolute Gasteiger partial charge is 0.221 e. The Bertz CT molecular complexity index is 340. The van der Waals surface area contributed by atoms with E-state index < -0.39 is 0 Å². The van der Waals surface area contributed by atoms with Gasteiger partial charge in [0.25, 0.3) is 0 Å². The Hall–Kier alpha value is -1.51. The third-order valence-corrected chi connectivity index (χ3v) is 2.54. The van der Waals surface area contributed by atoms with Gasteiger partial charge in [0, 0.05) is 31.4 Å². The molecular formula is C14H22N2O. The average molecular weight is 234 g/mol. The summed E-state index contributed by atoms with van der Waals surface area (Å²) in [6, 6.07) is 8.04. The lowest BCUT2D eigenvalue weighted by molar-refractivity contribution is -0.114. The molecule has 0 radical (unpaired) electrons. The molecule has 1 amide bonds. The summed E-state index contributed by atoms with van der Waals surface area (Å²) in [4.78, 5) is 13.3. The molecule has 1 aromatic carbocycles. The van der Waals surface area contributed by atoms with Crippen molar-refractivity contribution in [3.05, 3.63) is 24.3 Å². The Morgan fingerprint density at radius 1 is 1.12 bits per heavy atom. The summed E-state index contributed by atoms with van der Waals surface area (Å²) in [5.74, 6) is -0.0308. The third kappa shape index (κ3) is 4.47. The van der Waals surface area contributed by atoms with Crippen molar-refractivity contribution < 1.29 is 4.79 Å². The summed E-state index contributed by atoms with van der Waals surface area (Å²) >= 11 is 0. The lowest BCUT2D eigenvalue weighted by Crippen LogP contribution is -2.24. The van der Waals surface area contributed by atoms with Gasteiger partial charge in [-0.05, 0) is 37.1 Å². The molecule has 1 aromatic rings. The molecule has 0 aromatic heterocycles. The van der Waals surface area contributed by atoms with Crippen LogP contribution in [-0.2, 0) is 4.79 Å². The first kappa shape index (κ1) is 13.6. The van der Waals surface area contributed by atoms with E-state index in [0.717, 1.165) is 31.6 Å². The molecule has 0 atom stereocenters. The number of anilines is 2. The Kier molecular flexibility index (Phi) is 5.53. The van der Waals surface area contributed by atoms with Crippen molar-refractivity contribution in [3.8, 4) is 0 Å². The van der Waals surface area contributed by atoms with Crippen LogP contribution in [0, 0.1) is 0 Å². The Balaban J connectivity index is 2.72. The first-order valence-electron chi connectivity index (χ1n) is 6.30. The highest BCUT2D eigenvalue weighted by molar-refractivity contribution is 5.88. The first-order chi connectivity index (χ1) is 8.17. The van der Waals surface area contributed by atoms with Crippen molar-refractivity contribution in [3.63, 3.8) is 0 Å². The van der Waals surface area contributed by atoms with Crippen LogP contribution < -0.4 is 10.2 Å². The molecule has 0 saturated heterocycles. The van der Waals surface area contributed by atoms with Crippen LogP contribution in [0.15, 0.2) is 24.3 Å². The number of amides is 1. The summed E-state index contributed by atoms with van der Waals surface area (Å²) in [6.45, 7) is 8.05. The standard InChI is InChI=1S/C14H22N2O/c1-4-10-16(11-5-2)14-8-6-13(7-9-14)15-12(3)17/h6-9H,4-5,10-11H2,1-3H3,(H,15,17). The molecule has 94 valence electrons. The zero-order chi connectivity index (χ0) is 12.7. The Labute approximate surface area is 104 Å². The second kappa shape index (κ2) is 6.94. The van der Waals surface area contributed by atoms with Gasteiger partial charge >= 0.3 is 0 Å². The van der Waals surface area contributed by atoms with E-state index in [2.05, 4.69) is 36.2 Å². The number of carbonyl (C=O) groups excluding carboxylic acids is 1. The molecule has 17 heavy (non-hydrogen) atoms. The van der Waals surface area contributed by atoms with Crippen molar-refractivity contribution in [1.29, 1.82) is 0 Å². The van der Waals surface area contributed by atoms with Gasteiger partial charge in [-0.25, -0.2) is 0 Å². The molecule has 0 aliphatic rings. The highest BCUT2D eigenvalue weighted by atomic mass is 16.1. The topological polar surface area (TPSA) is 32.3 Å². The van der Waals surface area contributed by atoms with E-state index in [1.807, 2.05) is 12.1 Å². The van der Waals surface area contributed by atoms with Crippen LogP contribution in [0.2, 0.25) is 0 Å². The summed E-state index contributed by atoms with van der Waals surface area (Å²) in [6.07, 6.45) is 2.29. The van der Waals surface area contributed by atoms with Crippen molar-refractivity contribution >= 4 is 17.3 Å². The maximum atomic E-state index is 10.9. The fourth-order valence-corrected chi connectivity index (χ4v) is 1.87. The van der Waals surface area contributed by atoms with Crippen LogP contribution >= 0.6 is 0 Å². The fourth-order valence-electron chi connectivity index (χ4n) is 1.87. The maximum Gasteiger partial charge on any atom is 0.221 e. The van der Waals surface area contributed by atoms with Crippen LogP contribution in [0.3, 0.4) is 0 Å². The van der Waals surface area contributed by atoms with Crippen LogP contribution in [0.5, 0.6) is 0 Å². The minimum Gasteiger partial charge on any atom is -0.372 e. The Morgan fingerprint density at radius 3 is 2.06 bits per heavy atom. The van der Waals surface area contributed by atoms with E-state index in [0.29, 0.717) is 0 Å². The van der Waals surface area contributed by atoms with E-state index in [4.69, 9.17) is 0 Å². The van der Waals surface area contributed by atoms with Gasteiger partial charge in [-0.2, -0.15) is 0 Å².